The third-order valence-electron chi connectivity index (χ3n) is 4.45. The Balaban J connectivity index is 1.50. The highest BCUT2D eigenvalue weighted by Gasteiger charge is 2.54. The average Bonchev–Trinajstić information content (AvgIpc) is 3.33. The molecule has 1 fully saturated rings. The fraction of sp³-hybridized carbons (Fsp3) is 0.375. The van der Waals surface area contributed by atoms with Crippen molar-refractivity contribution < 1.29 is 24.3 Å². The quantitative estimate of drug-likeness (QED) is 0.413. The first kappa shape index (κ1) is 21.5. The number of carboxylic acid groups (broad SMARTS) is 1. The van der Waals surface area contributed by atoms with Crippen LogP contribution in [0.3, 0.4) is 0 Å². The molecule has 4 N–H and O–H groups in total. The smallest absolute Gasteiger partial charge is 0.353 e. The van der Waals surface area contributed by atoms with Gasteiger partial charge >= 0.3 is 5.97 Å². The largest absolute Gasteiger partial charge is 0.477 e. The molecule has 0 radical (unpaired) electrons. The molecule has 4 rings (SSSR count). The van der Waals surface area contributed by atoms with Gasteiger partial charge in [-0.05, 0) is 0 Å². The van der Waals surface area contributed by atoms with Crippen molar-refractivity contribution in [3.63, 3.8) is 0 Å². The molecule has 2 atom stereocenters. The van der Waals surface area contributed by atoms with Gasteiger partial charge in [-0.1, -0.05) is 23.1 Å². The lowest BCUT2D eigenvalue weighted by Crippen LogP contribution is -2.70. The number of hydrogen-bond acceptors (Lipinski definition) is 10. The molecule has 1 unspecified atom stereocenters. The number of fused-ring (bicyclic) bond motifs is 1. The topological polar surface area (TPSA) is 178 Å². The van der Waals surface area contributed by atoms with E-state index in [1.807, 2.05) is 0 Å². The molecule has 0 aromatic carbocycles. The summed E-state index contributed by atoms with van der Waals surface area (Å²) in [5.41, 5.74) is 0.693. The van der Waals surface area contributed by atoms with E-state index < -0.39 is 29.2 Å². The number of rotatable bonds is 6. The Morgan fingerprint density at radius 2 is 2.06 bits per heavy atom. The molecule has 12 nitrogen and oxygen atoms in total. The van der Waals surface area contributed by atoms with Crippen LogP contribution in [0.2, 0.25) is 0 Å². The summed E-state index contributed by atoms with van der Waals surface area (Å²) in [5.74, 6) is -1.83. The van der Waals surface area contributed by atoms with Crippen molar-refractivity contribution in [1.29, 1.82) is 5.41 Å². The first-order valence-electron chi connectivity index (χ1n) is 8.84. The van der Waals surface area contributed by atoms with Gasteiger partial charge in [-0.3, -0.25) is 24.7 Å². The number of thioether (sulfide) groups is 2. The standard InChI is InChI=1S/C16H15N7O5S3/c1-5(24)18-16-22-21-11(31-16)7-4-29-13-9(12(26)23(13)10(7)14(27)28)20-8(25)2-6-3-30-15(17)19-6/h9,13,17H,2-4H2,1H3,(H,20,25)(H,27,28)(H,18,22,24)/t9?,13-/m1/s1. The molecule has 31 heavy (non-hydrogen) atoms. The molecule has 0 spiro atoms. The van der Waals surface area contributed by atoms with Gasteiger partial charge in [0.15, 0.2) is 5.17 Å². The van der Waals surface area contributed by atoms with Crippen molar-refractivity contribution in [1.82, 2.24) is 20.4 Å². The van der Waals surface area contributed by atoms with Gasteiger partial charge < -0.3 is 15.7 Å². The maximum absolute atomic E-state index is 12.7. The number of aromatic nitrogens is 2. The summed E-state index contributed by atoms with van der Waals surface area (Å²) < 4.78 is 0. The molecule has 3 aliphatic rings. The lowest BCUT2D eigenvalue weighted by Gasteiger charge is -2.49. The maximum Gasteiger partial charge on any atom is 0.353 e. The van der Waals surface area contributed by atoms with Gasteiger partial charge in [0, 0.05) is 29.7 Å². The Morgan fingerprint density at radius 1 is 1.29 bits per heavy atom. The predicted molar refractivity (Wildman–Crippen MR) is 116 cm³/mol. The molecule has 162 valence electrons. The molecular weight excluding hydrogens is 466 g/mol. The van der Waals surface area contributed by atoms with Crippen LogP contribution in [0.5, 0.6) is 0 Å². The van der Waals surface area contributed by atoms with Crippen molar-refractivity contribution in [2.75, 3.05) is 16.8 Å². The summed E-state index contributed by atoms with van der Waals surface area (Å²) in [7, 11) is 0. The van der Waals surface area contributed by atoms with E-state index in [2.05, 4.69) is 25.8 Å². The fourth-order valence-electron chi connectivity index (χ4n) is 3.19. The number of anilines is 1. The molecule has 0 aliphatic carbocycles. The number of amidine groups is 1. The van der Waals surface area contributed by atoms with Gasteiger partial charge in [0.05, 0.1) is 6.42 Å². The average molecular weight is 482 g/mol. The van der Waals surface area contributed by atoms with Gasteiger partial charge in [0.25, 0.3) is 5.91 Å². The Bertz CT molecular complexity index is 1080. The molecule has 0 bridgehead atoms. The second kappa shape index (κ2) is 8.39. The number of aliphatic carboxylic acids is 1. The summed E-state index contributed by atoms with van der Waals surface area (Å²) in [5, 5.41) is 30.2. The summed E-state index contributed by atoms with van der Waals surface area (Å²) in [6.45, 7) is 1.32. The van der Waals surface area contributed by atoms with Crippen LogP contribution >= 0.6 is 34.9 Å². The zero-order valence-electron chi connectivity index (χ0n) is 15.9. The summed E-state index contributed by atoms with van der Waals surface area (Å²) in [6.07, 6.45) is -0.0138. The highest BCUT2D eigenvalue weighted by molar-refractivity contribution is 8.14. The molecule has 1 saturated heterocycles. The number of nitrogens with zero attached hydrogens (tertiary/aromatic N) is 4. The normalized spacial score (nSPS) is 22.6. The minimum Gasteiger partial charge on any atom is -0.477 e. The van der Waals surface area contributed by atoms with E-state index in [9.17, 15) is 24.3 Å². The van der Waals surface area contributed by atoms with Gasteiger partial charge in [0.2, 0.25) is 16.9 Å². The first-order valence-corrected chi connectivity index (χ1v) is 11.7. The Morgan fingerprint density at radius 3 is 2.71 bits per heavy atom. The molecule has 1 aromatic rings. The van der Waals surface area contributed by atoms with Gasteiger partial charge in [-0.2, -0.15) is 0 Å². The third-order valence-corrected chi connectivity index (χ3v) is 7.47. The lowest BCUT2D eigenvalue weighted by molar-refractivity contribution is -0.150. The van der Waals surface area contributed by atoms with Crippen molar-refractivity contribution in [3.05, 3.63) is 10.7 Å². The van der Waals surface area contributed by atoms with Crippen molar-refractivity contribution >= 4 is 80.1 Å². The van der Waals surface area contributed by atoms with E-state index in [0.717, 1.165) is 16.2 Å². The summed E-state index contributed by atoms with van der Waals surface area (Å²) >= 11 is 3.55. The predicted octanol–water partition coefficient (Wildman–Crippen LogP) is 0.205. The van der Waals surface area contributed by atoms with E-state index in [-0.39, 0.29) is 34.1 Å². The SMILES string of the molecule is CC(=O)Nc1nnc(C2=C(C(=O)O)N3C(=O)C(NC(=O)CC4=NC(=N)SC4)[C@H]3SC2)s1. The molecule has 15 heteroatoms. The lowest BCUT2D eigenvalue weighted by atomic mass is 10.0. The van der Waals surface area contributed by atoms with Crippen molar-refractivity contribution in [2.45, 2.75) is 24.8 Å². The minimum absolute atomic E-state index is 0.0138. The van der Waals surface area contributed by atoms with Crippen LogP contribution in [0.25, 0.3) is 5.57 Å². The number of amides is 3. The molecule has 0 saturated carbocycles. The summed E-state index contributed by atoms with van der Waals surface area (Å²) in [6, 6.07) is -0.841. The maximum atomic E-state index is 12.7. The van der Waals surface area contributed by atoms with E-state index >= 15 is 0 Å². The molecular formula is C16H15N7O5S3. The Kier molecular flexibility index (Phi) is 5.81. The van der Waals surface area contributed by atoms with Crippen LogP contribution in [0.1, 0.15) is 18.4 Å². The molecule has 4 heterocycles. The van der Waals surface area contributed by atoms with Gasteiger partial charge in [-0.25, -0.2) is 9.79 Å². The fourth-order valence-corrected chi connectivity index (χ4v) is 6.12. The number of carbonyl (C=O) groups excluding carboxylic acids is 3. The molecule has 3 amide bonds. The third kappa shape index (κ3) is 4.20. The first-order chi connectivity index (χ1) is 14.7. The van der Waals surface area contributed by atoms with Crippen molar-refractivity contribution in [3.8, 4) is 0 Å². The number of carboxylic acids is 1. The number of hydrogen-bond donors (Lipinski definition) is 4. The minimum atomic E-state index is -1.29. The van der Waals surface area contributed by atoms with Crippen LogP contribution in [0, 0.1) is 5.41 Å². The second-order valence-electron chi connectivity index (χ2n) is 6.63. The van der Waals surface area contributed by atoms with E-state index in [4.69, 9.17) is 5.41 Å². The number of aliphatic imine (C=N–C) groups is 1. The van der Waals surface area contributed by atoms with E-state index in [1.165, 1.54) is 30.4 Å². The van der Waals surface area contributed by atoms with Crippen LogP contribution in [-0.4, -0.2) is 77.7 Å². The Hall–Kier alpha value is -2.78. The van der Waals surface area contributed by atoms with Crippen LogP contribution in [-0.2, 0) is 19.2 Å². The Labute approximate surface area is 187 Å². The molecule has 1 aromatic heterocycles. The number of β-lactam (4-membered cyclic amide) rings is 1. The van der Waals surface area contributed by atoms with Crippen LogP contribution in [0.15, 0.2) is 10.7 Å². The highest BCUT2D eigenvalue weighted by Crippen LogP contribution is 2.44. The van der Waals surface area contributed by atoms with Gasteiger partial charge in [-0.15, -0.1) is 22.0 Å². The number of carbonyl (C=O) groups is 4. The number of nitrogens with one attached hydrogen (secondary N) is 3. The highest BCUT2D eigenvalue weighted by atomic mass is 32.2. The van der Waals surface area contributed by atoms with Crippen LogP contribution < -0.4 is 10.6 Å². The van der Waals surface area contributed by atoms with Gasteiger partial charge in [0.1, 0.15) is 22.1 Å². The van der Waals surface area contributed by atoms with E-state index in [1.54, 1.807) is 0 Å². The van der Waals surface area contributed by atoms with Crippen molar-refractivity contribution in [2.24, 2.45) is 4.99 Å². The molecule has 3 aliphatic heterocycles. The summed E-state index contributed by atoms with van der Waals surface area (Å²) in [4.78, 5) is 53.2. The van der Waals surface area contributed by atoms with Crippen LogP contribution in [0.4, 0.5) is 5.13 Å². The zero-order chi connectivity index (χ0) is 22.3. The monoisotopic (exact) mass is 481 g/mol. The second-order valence-corrected chi connectivity index (χ2v) is 9.68. The zero-order valence-corrected chi connectivity index (χ0v) is 18.3. The van der Waals surface area contributed by atoms with E-state index in [0.29, 0.717) is 22.0 Å².